The second-order valence-corrected chi connectivity index (χ2v) is 6.80. The van der Waals surface area contributed by atoms with Crippen LogP contribution in [0.25, 0.3) is 0 Å². The van der Waals surface area contributed by atoms with Crippen molar-refractivity contribution in [1.82, 2.24) is 0 Å². The van der Waals surface area contributed by atoms with Crippen molar-refractivity contribution in [2.75, 3.05) is 55.4 Å². The first-order valence-corrected chi connectivity index (χ1v) is 6.32. The van der Waals surface area contributed by atoms with Crippen LogP contribution in [0.1, 0.15) is 32.1 Å². The summed E-state index contributed by atoms with van der Waals surface area (Å²) < 4.78 is 2.22. The summed E-state index contributed by atoms with van der Waals surface area (Å²) >= 11 is 0. The SMILES string of the molecule is C[N+](C)(C)CCCCCCC[N+](C)(C)C.[I-]. The van der Waals surface area contributed by atoms with Gasteiger partial charge in [0, 0.05) is 0 Å². The number of rotatable bonds is 8. The molecule has 0 N–H and O–H groups in total. The predicted octanol–water partition coefficient (Wildman–Crippen LogP) is -0.647. The van der Waals surface area contributed by atoms with Crippen LogP contribution in [0.2, 0.25) is 0 Å². The van der Waals surface area contributed by atoms with Crippen molar-refractivity contribution in [3.63, 3.8) is 0 Å². The lowest BCUT2D eigenvalue weighted by Crippen LogP contribution is -3.00. The van der Waals surface area contributed by atoms with Gasteiger partial charge in [0.2, 0.25) is 0 Å². The largest absolute Gasteiger partial charge is 1.00 e. The van der Waals surface area contributed by atoms with Gasteiger partial charge in [-0.1, -0.05) is 6.42 Å². The smallest absolute Gasteiger partial charge is 0.0780 e. The Morgan fingerprint density at radius 3 is 1.00 bits per heavy atom. The normalized spacial score (nSPS) is 12.4. The van der Waals surface area contributed by atoms with Crippen LogP contribution in [0.15, 0.2) is 0 Å². The van der Waals surface area contributed by atoms with Gasteiger partial charge >= 0.3 is 0 Å². The van der Waals surface area contributed by atoms with E-state index < -0.39 is 0 Å². The van der Waals surface area contributed by atoms with Crippen LogP contribution >= 0.6 is 0 Å². The molecule has 0 aliphatic heterocycles. The number of quaternary nitrogens is 2. The van der Waals surface area contributed by atoms with E-state index in [0.29, 0.717) is 0 Å². The minimum absolute atomic E-state index is 0. The summed E-state index contributed by atoms with van der Waals surface area (Å²) in [6.07, 6.45) is 7.00. The van der Waals surface area contributed by atoms with E-state index in [1.807, 2.05) is 0 Å². The van der Waals surface area contributed by atoms with Crippen LogP contribution in [-0.2, 0) is 0 Å². The molecule has 2 nitrogen and oxygen atoms in total. The van der Waals surface area contributed by atoms with E-state index >= 15 is 0 Å². The van der Waals surface area contributed by atoms with E-state index in [2.05, 4.69) is 42.3 Å². The number of hydrogen-bond acceptors (Lipinski definition) is 0. The Morgan fingerprint density at radius 1 is 0.500 bits per heavy atom. The maximum atomic E-state index is 2.27. The van der Waals surface area contributed by atoms with E-state index in [4.69, 9.17) is 0 Å². The highest BCUT2D eigenvalue weighted by Gasteiger charge is 2.07. The first-order chi connectivity index (χ1) is 6.71. The average Bonchev–Trinajstić information content (AvgIpc) is 1.98. The highest BCUT2D eigenvalue weighted by Crippen LogP contribution is 2.06. The summed E-state index contributed by atoms with van der Waals surface area (Å²) in [6, 6.07) is 0. The lowest BCUT2D eigenvalue weighted by molar-refractivity contribution is -0.870. The highest BCUT2D eigenvalue weighted by molar-refractivity contribution is 4.44. The van der Waals surface area contributed by atoms with Crippen LogP contribution in [0.3, 0.4) is 0 Å². The van der Waals surface area contributed by atoms with Gasteiger partial charge in [0.25, 0.3) is 0 Å². The maximum Gasteiger partial charge on any atom is 0.0780 e. The van der Waals surface area contributed by atoms with Crippen LogP contribution in [0.5, 0.6) is 0 Å². The van der Waals surface area contributed by atoms with E-state index in [1.165, 1.54) is 45.2 Å². The predicted molar refractivity (Wildman–Crippen MR) is 68.9 cm³/mol. The fraction of sp³-hybridized carbons (Fsp3) is 1.00. The molecule has 0 heterocycles. The summed E-state index contributed by atoms with van der Waals surface area (Å²) in [5.74, 6) is 0. The molecule has 0 atom stereocenters. The molecule has 3 heteroatoms. The van der Waals surface area contributed by atoms with E-state index in [9.17, 15) is 0 Å². The molecule has 0 rings (SSSR count). The van der Waals surface area contributed by atoms with Crippen molar-refractivity contribution in [3.8, 4) is 0 Å². The van der Waals surface area contributed by atoms with E-state index in [-0.39, 0.29) is 24.0 Å². The topological polar surface area (TPSA) is 0 Å². The minimum atomic E-state index is 0. The van der Waals surface area contributed by atoms with Crippen molar-refractivity contribution in [2.45, 2.75) is 32.1 Å². The first kappa shape index (κ1) is 19.0. The van der Waals surface area contributed by atoms with Gasteiger partial charge in [-0.05, 0) is 25.7 Å². The molecule has 0 aliphatic carbocycles. The van der Waals surface area contributed by atoms with Crippen molar-refractivity contribution in [1.29, 1.82) is 0 Å². The van der Waals surface area contributed by atoms with Gasteiger partial charge in [-0.3, -0.25) is 0 Å². The second-order valence-electron chi connectivity index (χ2n) is 6.80. The summed E-state index contributed by atoms with van der Waals surface area (Å²) in [6.45, 7) is 2.63. The highest BCUT2D eigenvalue weighted by atomic mass is 127. The molecule has 0 amide bonds. The van der Waals surface area contributed by atoms with E-state index in [1.54, 1.807) is 0 Å². The van der Waals surface area contributed by atoms with Crippen molar-refractivity contribution in [3.05, 3.63) is 0 Å². The number of hydrogen-bond donors (Lipinski definition) is 0. The summed E-state index contributed by atoms with van der Waals surface area (Å²) in [5, 5.41) is 0. The second kappa shape index (κ2) is 8.70. The van der Waals surface area contributed by atoms with Gasteiger partial charge in [-0.2, -0.15) is 0 Å². The van der Waals surface area contributed by atoms with Crippen molar-refractivity contribution >= 4 is 0 Å². The van der Waals surface area contributed by atoms with Crippen molar-refractivity contribution < 1.29 is 32.9 Å². The van der Waals surface area contributed by atoms with E-state index in [0.717, 1.165) is 8.97 Å². The number of halogens is 1. The molecule has 0 unspecified atom stereocenters. The molecule has 0 spiro atoms. The molecule has 0 aromatic rings. The maximum absolute atomic E-state index is 2.27. The van der Waals surface area contributed by atoms with Gasteiger partial charge in [-0.15, -0.1) is 0 Å². The third-order valence-corrected chi connectivity index (χ3v) is 2.66. The Bertz CT molecular complexity index is 138. The zero-order valence-electron chi connectivity index (χ0n) is 12.2. The molecular formula is C13H32IN2+. The molecule has 0 bridgehead atoms. The molecule has 0 aromatic heterocycles. The monoisotopic (exact) mass is 343 g/mol. The zero-order chi connectivity index (χ0) is 11.9. The van der Waals surface area contributed by atoms with Crippen LogP contribution in [0, 0.1) is 0 Å². The summed E-state index contributed by atoms with van der Waals surface area (Å²) in [4.78, 5) is 0. The molecule has 0 saturated heterocycles. The van der Waals surface area contributed by atoms with Crippen molar-refractivity contribution in [2.24, 2.45) is 0 Å². The third-order valence-electron chi connectivity index (χ3n) is 2.66. The number of nitrogens with zero attached hydrogens (tertiary/aromatic N) is 2. The van der Waals surface area contributed by atoms with Gasteiger partial charge in [-0.25, -0.2) is 0 Å². The quantitative estimate of drug-likeness (QED) is 0.312. The fourth-order valence-electron chi connectivity index (χ4n) is 1.70. The van der Waals surface area contributed by atoms with Gasteiger partial charge in [0.05, 0.1) is 55.4 Å². The lowest BCUT2D eigenvalue weighted by Gasteiger charge is -2.24. The summed E-state index contributed by atoms with van der Waals surface area (Å²) in [7, 11) is 13.6. The van der Waals surface area contributed by atoms with Gasteiger partial charge in [0.1, 0.15) is 0 Å². The zero-order valence-corrected chi connectivity index (χ0v) is 14.4. The van der Waals surface area contributed by atoms with Gasteiger partial charge in [0.15, 0.2) is 0 Å². The molecule has 0 fully saturated rings. The first-order valence-electron chi connectivity index (χ1n) is 6.32. The van der Waals surface area contributed by atoms with Gasteiger partial charge < -0.3 is 32.9 Å². The Hall–Kier alpha value is 0.650. The average molecular weight is 343 g/mol. The Labute approximate surface area is 120 Å². The summed E-state index contributed by atoms with van der Waals surface area (Å²) in [5.41, 5.74) is 0. The minimum Gasteiger partial charge on any atom is -1.00 e. The number of unbranched alkanes of at least 4 members (excludes halogenated alkanes) is 4. The van der Waals surface area contributed by atoms with Crippen LogP contribution in [0.4, 0.5) is 0 Å². The van der Waals surface area contributed by atoms with Crippen LogP contribution < -0.4 is 24.0 Å². The Morgan fingerprint density at radius 2 is 0.750 bits per heavy atom. The fourth-order valence-corrected chi connectivity index (χ4v) is 1.70. The molecule has 0 aromatic carbocycles. The molecule has 0 aliphatic rings. The molecule has 0 radical (unpaired) electrons. The Balaban J connectivity index is 0. The van der Waals surface area contributed by atoms with Crippen LogP contribution in [-0.4, -0.2) is 64.3 Å². The Kier molecular flexibility index (Phi) is 10.3. The standard InChI is InChI=1S/C13H32N2.HI/c1-14(2,3)12-10-8-7-9-11-13-15(4,5)6;/h7-13H2,1-6H3;1H/q+2;/p-1. The molecule has 0 saturated carbocycles. The molecule has 100 valence electrons. The third kappa shape index (κ3) is 17.1. The molecule has 16 heavy (non-hydrogen) atoms. The lowest BCUT2D eigenvalue weighted by atomic mass is 10.1. The molecular weight excluding hydrogens is 311 g/mol.